The van der Waals surface area contributed by atoms with Gasteiger partial charge in [-0.1, -0.05) is 12.1 Å². The molecule has 0 unspecified atom stereocenters. The van der Waals surface area contributed by atoms with Crippen LogP contribution in [0.1, 0.15) is 17.0 Å². The summed E-state index contributed by atoms with van der Waals surface area (Å²) in [5.41, 5.74) is 0.762. The fourth-order valence-electron chi connectivity index (χ4n) is 2.43. The zero-order valence-electron chi connectivity index (χ0n) is 12.7. The van der Waals surface area contributed by atoms with E-state index in [1.165, 1.54) is 50.6 Å². The van der Waals surface area contributed by atoms with E-state index in [9.17, 15) is 19.6 Å². The number of hydrogen-bond donors (Lipinski definition) is 1. The van der Waals surface area contributed by atoms with E-state index in [4.69, 9.17) is 9.47 Å². The molecule has 0 aliphatic carbocycles. The lowest BCUT2D eigenvalue weighted by atomic mass is 9.89. The zero-order valence-corrected chi connectivity index (χ0v) is 12.7. The van der Waals surface area contributed by atoms with Crippen LogP contribution in [0.4, 0.5) is 4.39 Å². The van der Waals surface area contributed by atoms with E-state index in [1.54, 1.807) is 0 Å². The predicted molar refractivity (Wildman–Crippen MR) is 81.3 cm³/mol. The van der Waals surface area contributed by atoms with Gasteiger partial charge in [0.15, 0.2) is 0 Å². The third-order valence-electron chi connectivity index (χ3n) is 3.50. The summed E-state index contributed by atoms with van der Waals surface area (Å²) in [4.78, 5) is 10.6. The predicted octanol–water partition coefficient (Wildman–Crippen LogP) is 2.96. The standard InChI is InChI=1S/C16H16FNO5/c1-22-12-7-14(19)16(15(8-12)23-2)13(9-18(20)21)10-3-5-11(17)6-4-10/h3-8,13,19H,9H2,1-2H3/t13-/m1/s1. The monoisotopic (exact) mass is 321 g/mol. The van der Waals surface area contributed by atoms with E-state index in [0.29, 0.717) is 11.3 Å². The molecule has 0 bridgehead atoms. The third kappa shape index (κ3) is 3.68. The van der Waals surface area contributed by atoms with E-state index in [2.05, 4.69) is 0 Å². The Morgan fingerprint density at radius 3 is 2.39 bits per heavy atom. The fourth-order valence-corrected chi connectivity index (χ4v) is 2.43. The number of rotatable bonds is 6. The molecule has 0 spiro atoms. The number of phenolic OH excluding ortho intramolecular Hbond substituents is 1. The normalized spacial score (nSPS) is 11.8. The zero-order chi connectivity index (χ0) is 17.0. The lowest BCUT2D eigenvalue weighted by Gasteiger charge is -2.19. The number of nitro groups is 1. The highest BCUT2D eigenvalue weighted by Gasteiger charge is 2.27. The number of halogens is 1. The Balaban J connectivity index is 2.59. The average molecular weight is 321 g/mol. The molecule has 0 heterocycles. The maximum Gasteiger partial charge on any atom is 0.214 e. The average Bonchev–Trinajstić information content (AvgIpc) is 2.52. The molecular weight excluding hydrogens is 305 g/mol. The number of benzene rings is 2. The van der Waals surface area contributed by atoms with Crippen molar-refractivity contribution in [3.05, 3.63) is 63.5 Å². The van der Waals surface area contributed by atoms with Crippen molar-refractivity contribution in [2.24, 2.45) is 0 Å². The lowest BCUT2D eigenvalue weighted by molar-refractivity contribution is -0.481. The molecule has 122 valence electrons. The molecule has 1 atom stereocenters. The van der Waals surface area contributed by atoms with Gasteiger partial charge in [-0.15, -0.1) is 0 Å². The summed E-state index contributed by atoms with van der Waals surface area (Å²) in [5, 5.41) is 21.3. The molecule has 6 nitrogen and oxygen atoms in total. The van der Waals surface area contributed by atoms with Gasteiger partial charge in [-0.3, -0.25) is 10.1 Å². The molecule has 0 radical (unpaired) electrons. The molecule has 2 aromatic rings. The van der Waals surface area contributed by atoms with Crippen molar-refractivity contribution in [1.29, 1.82) is 0 Å². The number of nitrogens with zero attached hydrogens (tertiary/aromatic N) is 1. The first-order valence-electron chi connectivity index (χ1n) is 6.78. The third-order valence-corrected chi connectivity index (χ3v) is 3.50. The van der Waals surface area contributed by atoms with Crippen molar-refractivity contribution in [3.63, 3.8) is 0 Å². The molecule has 1 N–H and O–H groups in total. The summed E-state index contributed by atoms with van der Waals surface area (Å²) in [5.74, 6) is -0.788. The Kier molecular flexibility index (Phi) is 5.00. The Morgan fingerprint density at radius 2 is 1.87 bits per heavy atom. The number of phenols is 1. The number of ether oxygens (including phenoxy) is 2. The largest absolute Gasteiger partial charge is 0.507 e. The quantitative estimate of drug-likeness (QED) is 0.653. The SMILES string of the molecule is COc1cc(O)c([C@H](C[N+](=O)[O-])c2ccc(F)cc2)c(OC)c1. The second-order valence-corrected chi connectivity index (χ2v) is 4.88. The minimum absolute atomic E-state index is 0.183. The highest BCUT2D eigenvalue weighted by molar-refractivity contribution is 5.54. The summed E-state index contributed by atoms with van der Waals surface area (Å²) in [6, 6.07) is 8.23. The van der Waals surface area contributed by atoms with Crippen LogP contribution in [0.5, 0.6) is 17.2 Å². The number of methoxy groups -OCH3 is 2. The van der Waals surface area contributed by atoms with Gasteiger partial charge in [0.25, 0.3) is 0 Å². The van der Waals surface area contributed by atoms with Gasteiger partial charge in [-0.2, -0.15) is 0 Å². The maximum atomic E-state index is 13.1. The van der Waals surface area contributed by atoms with Crippen molar-refractivity contribution in [3.8, 4) is 17.2 Å². The van der Waals surface area contributed by atoms with Crippen molar-refractivity contribution < 1.29 is 23.9 Å². The van der Waals surface area contributed by atoms with E-state index in [-0.39, 0.29) is 17.1 Å². The van der Waals surface area contributed by atoms with Gasteiger partial charge in [-0.05, 0) is 17.7 Å². The molecule has 0 fully saturated rings. The van der Waals surface area contributed by atoms with Crippen molar-refractivity contribution in [1.82, 2.24) is 0 Å². The van der Waals surface area contributed by atoms with Crippen molar-refractivity contribution in [2.45, 2.75) is 5.92 Å². The van der Waals surface area contributed by atoms with Gasteiger partial charge in [0, 0.05) is 17.1 Å². The Labute approximate surface area is 132 Å². The second kappa shape index (κ2) is 6.95. The van der Waals surface area contributed by atoms with Crippen LogP contribution in [0.15, 0.2) is 36.4 Å². The summed E-state index contributed by atoms with van der Waals surface area (Å²) >= 11 is 0. The summed E-state index contributed by atoms with van der Waals surface area (Å²) in [7, 11) is 2.83. The molecule has 23 heavy (non-hydrogen) atoms. The first-order chi connectivity index (χ1) is 11.0. The van der Waals surface area contributed by atoms with E-state index in [1.807, 2.05) is 0 Å². The first kappa shape index (κ1) is 16.5. The Morgan fingerprint density at radius 1 is 1.22 bits per heavy atom. The van der Waals surface area contributed by atoms with Crippen LogP contribution in [0, 0.1) is 15.9 Å². The molecule has 0 aliphatic rings. The number of aromatic hydroxyl groups is 1. The smallest absolute Gasteiger partial charge is 0.214 e. The van der Waals surface area contributed by atoms with Gasteiger partial charge in [0.05, 0.1) is 25.7 Å². The van der Waals surface area contributed by atoms with Crippen molar-refractivity contribution in [2.75, 3.05) is 20.8 Å². The van der Waals surface area contributed by atoms with Gasteiger partial charge in [0.1, 0.15) is 23.1 Å². The molecule has 2 aromatic carbocycles. The number of hydrogen-bond acceptors (Lipinski definition) is 5. The van der Waals surface area contributed by atoms with Crippen LogP contribution in [0.3, 0.4) is 0 Å². The van der Waals surface area contributed by atoms with Crippen LogP contribution in [0.25, 0.3) is 0 Å². The van der Waals surface area contributed by atoms with Gasteiger partial charge in [-0.25, -0.2) is 4.39 Å². The second-order valence-electron chi connectivity index (χ2n) is 4.88. The van der Waals surface area contributed by atoms with Gasteiger partial charge >= 0.3 is 0 Å². The lowest BCUT2D eigenvalue weighted by Crippen LogP contribution is -2.15. The van der Waals surface area contributed by atoms with Gasteiger partial charge < -0.3 is 14.6 Å². The molecule has 0 aromatic heterocycles. The Bertz CT molecular complexity index is 702. The van der Waals surface area contributed by atoms with Crippen LogP contribution < -0.4 is 9.47 Å². The van der Waals surface area contributed by atoms with Crippen LogP contribution in [-0.4, -0.2) is 30.8 Å². The summed E-state index contributed by atoms with van der Waals surface area (Å²) in [6.45, 7) is -0.470. The van der Waals surface area contributed by atoms with E-state index >= 15 is 0 Å². The molecular formula is C16H16FNO5. The summed E-state index contributed by atoms with van der Waals surface area (Å²) < 4.78 is 23.4. The fraction of sp³-hybridized carbons (Fsp3) is 0.250. The molecule has 0 saturated heterocycles. The van der Waals surface area contributed by atoms with E-state index < -0.39 is 23.2 Å². The topological polar surface area (TPSA) is 81.8 Å². The molecule has 0 saturated carbocycles. The van der Waals surface area contributed by atoms with Crippen molar-refractivity contribution >= 4 is 0 Å². The minimum atomic E-state index is -0.786. The molecule has 2 rings (SSSR count). The molecule has 0 aliphatic heterocycles. The highest BCUT2D eigenvalue weighted by Crippen LogP contribution is 2.41. The maximum absolute atomic E-state index is 13.1. The van der Waals surface area contributed by atoms with E-state index in [0.717, 1.165) is 0 Å². The Hall–Kier alpha value is -2.83. The molecule has 7 heteroatoms. The first-order valence-corrected chi connectivity index (χ1v) is 6.78. The highest BCUT2D eigenvalue weighted by atomic mass is 19.1. The molecule has 0 amide bonds. The van der Waals surface area contributed by atoms with Crippen LogP contribution in [-0.2, 0) is 0 Å². The van der Waals surface area contributed by atoms with Gasteiger partial charge in [0.2, 0.25) is 6.54 Å². The van der Waals surface area contributed by atoms with Crippen LogP contribution in [0.2, 0.25) is 0 Å². The van der Waals surface area contributed by atoms with Crippen LogP contribution >= 0.6 is 0 Å². The summed E-state index contributed by atoms with van der Waals surface area (Å²) in [6.07, 6.45) is 0. The minimum Gasteiger partial charge on any atom is -0.507 e.